The number of hydrogen-bond acceptors (Lipinski definition) is 3. The predicted octanol–water partition coefficient (Wildman–Crippen LogP) is 2.71. The summed E-state index contributed by atoms with van der Waals surface area (Å²) >= 11 is 0. The van der Waals surface area contributed by atoms with Crippen molar-refractivity contribution in [3.63, 3.8) is 0 Å². The van der Waals surface area contributed by atoms with E-state index >= 15 is 0 Å². The fourth-order valence-electron chi connectivity index (χ4n) is 2.41. The predicted molar refractivity (Wildman–Crippen MR) is 72.8 cm³/mol. The van der Waals surface area contributed by atoms with Crippen molar-refractivity contribution in [3.8, 4) is 0 Å². The van der Waals surface area contributed by atoms with E-state index in [1.54, 1.807) is 7.11 Å². The number of anilines is 1. The number of methoxy groups -OCH3 is 1. The second-order valence-electron chi connectivity index (χ2n) is 5.10. The largest absolute Gasteiger partial charge is 0.383 e. The highest BCUT2D eigenvalue weighted by molar-refractivity contribution is 5.79. The Hall–Kier alpha value is -1.55. The van der Waals surface area contributed by atoms with Gasteiger partial charge in [-0.25, -0.2) is 4.98 Å². The summed E-state index contributed by atoms with van der Waals surface area (Å²) < 4.78 is 5.29. The number of fused-ring (bicyclic) bond motifs is 1. The van der Waals surface area contributed by atoms with E-state index in [0.717, 1.165) is 35.1 Å². The van der Waals surface area contributed by atoms with Gasteiger partial charge in [-0.05, 0) is 43.9 Å². The van der Waals surface area contributed by atoms with Crippen molar-refractivity contribution in [1.29, 1.82) is 0 Å². The van der Waals surface area contributed by atoms with Crippen molar-refractivity contribution < 1.29 is 4.74 Å². The van der Waals surface area contributed by atoms with E-state index in [1.165, 1.54) is 12.8 Å². The fraction of sp³-hybridized carbons (Fsp3) is 0.500. The lowest BCUT2D eigenvalue weighted by atomic mass is 10.2. The summed E-state index contributed by atoms with van der Waals surface area (Å²) in [5.74, 6) is 1.72. The van der Waals surface area contributed by atoms with Crippen LogP contribution >= 0.6 is 0 Å². The fourth-order valence-corrected chi connectivity index (χ4v) is 2.41. The van der Waals surface area contributed by atoms with Crippen LogP contribution in [0.3, 0.4) is 0 Å². The van der Waals surface area contributed by atoms with Gasteiger partial charge in [-0.2, -0.15) is 0 Å². The summed E-state index contributed by atoms with van der Waals surface area (Å²) in [5, 5.41) is 3.57. The van der Waals surface area contributed by atoms with Crippen LogP contribution in [0, 0.1) is 12.8 Å². The first-order valence-corrected chi connectivity index (χ1v) is 6.48. The molecule has 2 aromatic rings. The van der Waals surface area contributed by atoms with Crippen molar-refractivity contribution >= 4 is 16.7 Å². The Morgan fingerprint density at radius 3 is 3.06 bits per heavy atom. The standard InChI is InChI=1S/C14H19N3O/c1-9-15-12-6-5-11(7-13(12)16-9)17-14(8-18-2)10-3-4-10/h5-7,10,14,17H,3-4,8H2,1-2H3,(H,15,16). The summed E-state index contributed by atoms with van der Waals surface area (Å²) in [4.78, 5) is 7.68. The zero-order chi connectivity index (χ0) is 12.5. The molecule has 1 heterocycles. The Kier molecular flexibility index (Phi) is 2.96. The summed E-state index contributed by atoms with van der Waals surface area (Å²) in [7, 11) is 1.76. The lowest BCUT2D eigenvalue weighted by Crippen LogP contribution is -2.27. The highest BCUT2D eigenvalue weighted by Gasteiger charge is 2.31. The van der Waals surface area contributed by atoms with Crippen LogP contribution in [0.25, 0.3) is 11.0 Å². The van der Waals surface area contributed by atoms with E-state index in [4.69, 9.17) is 4.74 Å². The van der Waals surface area contributed by atoms with Crippen molar-refractivity contribution in [2.75, 3.05) is 19.0 Å². The second kappa shape index (κ2) is 4.61. The Bertz CT molecular complexity index is 545. The number of nitrogens with one attached hydrogen (secondary N) is 2. The van der Waals surface area contributed by atoms with Crippen LogP contribution in [-0.2, 0) is 4.74 Å². The Morgan fingerprint density at radius 1 is 1.50 bits per heavy atom. The topological polar surface area (TPSA) is 49.9 Å². The van der Waals surface area contributed by atoms with Crippen LogP contribution in [0.15, 0.2) is 18.2 Å². The first-order valence-electron chi connectivity index (χ1n) is 6.48. The molecule has 1 unspecified atom stereocenters. The molecule has 0 amide bonds. The van der Waals surface area contributed by atoms with E-state index in [2.05, 4.69) is 33.5 Å². The quantitative estimate of drug-likeness (QED) is 0.851. The summed E-state index contributed by atoms with van der Waals surface area (Å²) in [6.07, 6.45) is 2.62. The molecule has 0 saturated heterocycles. The van der Waals surface area contributed by atoms with Crippen LogP contribution in [0.2, 0.25) is 0 Å². The zero-order valence-corrected chi connectivity index (χ0v) is 10.9. The molecule has 0 bridgehead atoms. The molecule has 1 aliphatic rings. The lowest BCUT2D eigenvalue weighted by molar-refractivity contribution is 0.179. The van der Waals surface area contributed by atoms with Gasteiger partial charge in [0.15, 0.2) is 0 Å². The number of imidazole rings is 1. The Morgan fingerprint density at radius 2 is 2.33 bits per heavy atom. The maximum absolute atomic E-state index is 5.29. The first-order chi connectivity index (χ1) is 8.76. The smallest absolute Gasteiger partial charge is 0.104 e. The number of nitrogens with zero attached hydrogens (tertiary/aromatic N) is 1. The third-order valence-electron chi connectivity index (χ3n) is 3.49. The molecule has 4 nitrogen and oxygen atoms in total. The molecule has 2 N–H and O–H groups in total. The molecule has 1 saturated carbocycles. The van der Waals surface area contributed by atoms with Gasteiger partial charge in [0.2, 0.25) is 0 Å². The van der Waals surface area contributed by atoms with Gasteiger partial charge < -0.3 is 15.0 Å². The normalized spacial score (nSPS) is 17.0. The molecular formula is C14H19N3O. The van der Waals surface area contributed by atoms with Gasteiger partial charge in [0.25, 0.3) is 0 Å². The number of H-pyrrole nitrogens is 1. The number of aromatic nitrogens is 2. The molecule has 1 aliphatic carbocycles. The number of hydrogen-bond donors (Lipinski definition) is 2. The maximum Gasteiger partial charge on any atom is 0.104 e. The third kappa shape index (κ3) is 2.34. The van der Waals surface area contributed by atoms with Gasteiger partial charge in [0.1, 0.15) is 5.82 Å². The molecule has 18 heavy (non-hydrogen) atoms. The minimum Gasteiger partial charge on any atom is -0.383 e. The van der Waals surface area contributed by atoms with E-state index in [1.807, 2.05) is 6.92 Å². The molecule has 1 fully saturated rings. The van der Waals surface area contributed by atoms with Gasteiger partial charge >= 0.3 is 0 Å². The molecule has 0 spiro atoms. The van der Waals surface area contributed by atoms with E-state index in [9.17, 15) is 0 Å². The van der Waals surface area contributed by atoms with E-state index in [-0.39, 0.29) is 0 Å². The summed E-state index contributed by atoms with van der Waals surface area (Å²) in [6.45, 7) is 2.75. The Labute approximate surface area is 107 Å². The summed E-state index contributed by atoms with van der Waals surface area (Å²) in [6, 6.07) is 6.70. The molecular weight excluding hydrogens is 226 g/mol. The average molecular weight is 245 g/mol. The molecule has 1 aromatic heterocycles. The van der Waals surface area contributed by atoms with Gasteiger partial charge in [-0.3, -0.25) is 0 Å². The Balaban J connectivity index is 1.80. The molecule has 0 radical (unpaired) electrons. The van der Waals surface area contributed by atoms with E-state index in [0.29, 0.717) is 6.04 Å². The molecule has 3 rings (SSSR count). The third-order valence-corrected chi connectivity index (χ3v) is 3.49. The van der Waals surface area contributed by atoms with Crippen LogP contribution in [0.5, 0.6) is 0 Å². The van der Waals surface area contributed by atoms with Gasteiger partial charge in [-0.1, -0.05) is 0 Å². The van der Waals surface area contributed by atoms with Crippen LogP contribution in [-0.4, -0.2) is 29.7 Å². The number of aryl methyl sites for hydroxylation is 1. The SMILES string of the molecule is COCC(Nc1ccc2nc(C)[nH]c2c1)C1CC1. The van der Waals surface area contributed by atoms with Gasteiger partial charge in [-0.15, -0.1) is 0 Å². The van der Waals surface area contributed by atoms with Gasteiger partial charge in [0, 0.05) is 12.8 Å². The van der Waals surface area contributed by atoms with Crippen molar-refractivity contribution in [3.05, 3.63) is 24.0 Å². The molecule has 4 heteroatoms. The average Bonchev–Trinajstić information content (AvgIpc) is 3.11. The second-order valence-corrected chi connectivity index (χ2v) is 5.10. The zero-order valence-electron chi connectivity index (χ0n) is 10.9. The lowest BCUT2D eigenvalue weighted by Gasteiger charge is -2.18. The summed E-state index contributed by atoms with van der Waals surface area (Å²) in [5.41, 5.74) is 3.25. The molecule has 1 atom stereocenters. The minimum absolute atomic E-state index is 0.427. The number of aromatic amines is 1. The highest BCUT2D eigenvalue weighted by atomic mass is 16.5. The van der Waals surface area contributed by atoms with Crippen LogP contribution < -0.4 is 5.32 Å². The first kappa shape index (κ1) is 11.5. The number of benzene rings is 1. The molecule has 0 aliphatic heterocycles. The van der Waals surface area contributed by atoms with Crippen molar-refractivity contribution in [2.24, 2.45) is 5.92 Å². The molecule has 96 valence electrons. The minimum atomic E-state index is 0.427. The number of rotatable bonds is 5. The van der Waals surface area contributed by atoms with Crippen LogP contribution in [0.4, 0.5) is 5.69 Å². The van der Waals surface area contributed by atoms with Crippen molar-refractivity contribution in [1.82, 2.24) is 9.97 Å². The highest BCUT2D eigenvalue weighted by Crippen LogP contribution is 2.34. The van der Waals surface area contributed by atoms with Crippen LogP contribution in [0.1, 0.15) is 18.7 Å². The molecule has 1 aromatic carbocycles. The monoisotopic (exact) mass is 245 g/mol. The van der Waals surface area contributed by atoms with Gasteiger partial charge in [0.05, 0.1) is 23.7 Å². The number of ether oxygens (including phenoxy) is 1. The van der Waals surface area contributed by atoms with Crippen molar-refractivity contribution in [2.45, 2.75) is 25.8 Å². The van der Waals surface area contributed by atoms with E-state index < -0.39 is 0 Å². The maximum atomic E-state index is 5.29.